The molecule has 0 saturated carbocycles. The Kier molecular flexibility index (Phi) is 3.44. The number of rotatable bonds is 2. The number of hydrogen-bond donors (Lipinski definition) is 1. The molecule has 0 atom stereocenters. The van der Waals surface area contributed by atoms with Crippen LogP contribution < -0.4 is 10.1 Å². The van der Waals surface area contributed by atoms with Crippen molar-refractivity contribution in [3.8, 4) is 5.75 Å². The molecule has 0 unspecified atom stereocenters. The summed E-state index contributed by atoms with van der Waals surface area (Å²) >= 11 is 0. The summed E-state index contributed by atoms with van der Waals surface area (Å²) in [6, 6.07) is 12.3. The highest BCUT2D eigenvalue weighted by molar-refractivity contribution is 6.12. The lowest BCUT2D eigenvalue weighted by Crippen LogP contribution is -2.22. The van der Waals surface area contributed by atoms with Crippen LogP contribution in [0.3, 0.4) is 0 Å². The molecule has 0 aromatic heterocycles. The number of ether oxygens (including phenoxy) is 1. The van der Waals surface area contributed by atoms with Crippen molar-refractivity contribution in [2.75, 3.05) is 6.54 Å². The van der Waals surface area contributed by atoms with Crippen LogP contribution in [-0.4, -0.2) is 18.2 Å². The molecule has 0 saturated heterocycles. The van der Waals surface area contributed by atoms with Gasteiger partial charge in [-0.05, 0) is 25.1 Å². The van der Waals surface area contributed by atoms with Crippen LogP contribution in [0.1, 0.15) is 38.8 Å². The van der Waals surface area contributed by atoms with E-state index >= 15 is 0 Å². The summed E-state index contributed by atoms with van der Waals surface area (Å²) in [5, 5.41) is 2.73. The van der Waals surface area contributed by atoms with Crippen molar-refractivity contribution in [1.82, 2.24) is 5.32 Å². The minimum atomic E-state index is -0.168. The summed E-state index contributed by atoms with van der Waals surface area (Å²) in [5.41, 5.74) is 2.50. The van der Waals surface area contributed by atoms with Gasteiger partial charge in [0.15, 0.2) is 5.78 Å². The first-order valence-electron chi connectivity index (χ1n) is 6.88. The van der Waals surface area contributed by atoms with E-state index in [9.17, 15) is 9.59 Å². The van der Waals surface area contributed by atoms with Crippen molar-refractivity contribution in [1.29, 1.82) is 0 Å². The first-order valence-corrected chi connectivity index (χ1v) is 6.88. The normalized spacial score (nSPS) is 12.7. The molecule has 1 N–H and O–H groups in total. The molecule has 1 heterocycles. The van der Waals surface area contributed by atoms with E-state index < -0.39 is 0 Å². The summed E-state index contributed by atoms with van der Waals surface area (Å²) in [7, 11) is 0. The lowest BCUT2D eigenvalue weighted by atomic mass is 9.98. The Hall–Kier alpha value is -2.62. The van der Waals surface area contributed by atoms with Crippen LogP contribution in [0.25, 0.3) is 0 Å². The Bertz CT molecular complexity index is 722. The molecule has 0 fully saturated rings. The second kappa shape index (κ2) is 5.40. The van der Waals surface area contributed by atoms with E-state index in [0.717, 1.165) is 5.56 Å². The van der Waals surface area contributed by atoms with Crippen LogP contribution in [0.2, 0.25) is 0 Å². The van der Waals surface area contributed by atoms with Crippen LogP contribution >= 0.6 is 0 Å². The van der Waals surface area contributed by atoms with Crippen LogP contribution in [0, 0.1) is 0 Å². The second-order valence-electron chi connectivity index (χ2n) is 4.85. The van der Waals surface area contributed by atoms with Crippen LogP contribution in [0.5, 0.6) is 5.75 Å². The predicted molar refractivity (Wildman–Crippen MR) is 78.7 cm³/mol. The molecule has 1 aliphatic heterocycles. The zero-order valence-electron chi connectivity index (χ0n) is 11.7. The fourth-order valence-corrected chi connectivity index (χ4v) is 2.40. The maximum Gasteiger partial charge on any atom is 0.251 e. The zero-order chi connectivity index (χ0) is 14.8. The molecule has 0 spiro atoms. The van der Waals surface area contributed by atoms with Gasteiger partial charge in [0.1, 0.15) is 12.4 Å². The average Bonchev–Trinajstić information content (AvgIpc) is 2.65. The number of carbonyl (C=O) groups is 2. The first kappa shape index (κ1) is 13.4. The molecule has 0 radical (unpaired) electrons. The van der Waals surface area contributed by atoms with E-state index in [2.05, 4.69) is 5.32 Å². The lowest BCUT2D eigenvalue weighted by molar-refractivity contribution is 0.0953. The minimum absolute atomic E-state index is 0.0689. The van der Waals surface area contributed by atoms with Crippen molar-refractivity contribution < 1.29 is 14.3 Å². The summed E-state index contributed by atoms with van der Waals surface area (Å²) in [6.45, 7) is 2.74. The summed E-state index contributed by atoms with van der Waals surface area (Å²) in [5.74, 6) is 0.221. The molecular formula is C17H15NO3. The Morgan fingerprint density at radius 1 is 1.19 bits per heavy atom. The highest BCUT2D eigenvalue weighted by atomic mass is 16.5. The number of ketones is 1. The molecular weight excluding hydrogens is 266 g/mol. The Morgan fingerprint density at radius 2 is 2.00 bits per heavy atom. The molecule has 21 heavy (non-hydrogen) atoms. The molecule has 4 heteroatoms. The SMILES string of the molecule is CCNC(=O)c1ccc2c(c1)OCc1ccccc1C2=O. The van der Waals surface area contributed by atoms with Crippen LogP contribution in [0.15, 0.2) is 42.5 Å². The first-order chi connectivity index (χ1) is 10.2. The quantitative estimate of drug-likeness (QED) is 0.920. The Morgan fingerprint density at radius 3 is 2.81 bits per heavy atom. The van der Waals surface area contributed by atoms with Gasteiger partial charge in [-0.1, -0.05) is 24.3 Å². The van der Waals surface area contributed by atoms with Gasteiger partial charge in [0.2, 0.25) is 0 Å². The van der Waals surface area contributed by atoms with Gasteiger partial charge in [0.25, 0.3) is 5.91 Å². The standard InChI is InChI=1S/C17H15NO3/c1-2-18-17(20)11-7-8-14-15(9-11)21-10-12-5-3-4-6-13(12)16(14)19/h3-9H,2,10H2,1H3,(H,18,20). The van der Waals surface area contributed by atoms with Gasteiger partial charge in [0.05, 0.1) is 5.56 Å². The molecule has 3 rings (SSSR count). The van der Waals surface area contributed by atoms with Crippen molar-refractivity contribution in [2.24, 2.45) is 0 Å². The molecule has 0 aliphatic carbocycles. The Balaban J connectivity index is 2.03. The Labute approximate surface area is 122 Å². The highest BCUT2D eigenvalue weighted by Crippen LogP contribution is 2.29. The summed E-state index contributed by atoms with van der Waals surface area (Å²) in [6.07, 6.45) is 0. The second-order valence-corrected chi connectivity index (χ2v) is 4.85. The minimum Gasteiger partial charge on any atom is -0.488 e. The predicted octanol–water partition coefficient (Wildman–Crippen LogP) is 2.56. The third kappa shape index (κ3) is 2.40. The van der Waals surface area contributed by atoms with Gasteiger partial charge >= 0.3 is 0 Å². The van der Waals surface area contributed by atoms with Gasteiger partial charge in [0, 0.05) is 23.2 Å². The number of nitrogens with one attached hydrogen (secondary N) is 1. The van der Waals surface area contributed by atoms with Crippen LogP contribution in [-0.2, 0) is 6.61 Å². The molecule has 4 nitrogen and oxygen atoms in total. The number of benzene rings is 2. The molecule has 0 bridgehead atoms. The van der Waals surface area contributed by atoms with E-state index in [1.165, 1.54) is 0 Å². The number of fused-ring (bicyclic) bond motifs is 2. The van der Waals surface area contributed by atoms with Gasteiger partial charge in [-0.15, -0.1) is 0 Å². The van der Waals surface area contributed by atoms with Gasteiger partial charge < -0.3 is 10.1 Å². The maximum atomic E-state index is 12.6. The molecule has 1 aliphatic rings. The fraction of sp³-hybridized carbons (Fsp3) is 0.176. The van der Waals surface area contributed by atoms with Gasteiger partial charge in [-0.3, -0.25) is 9.59 Å². The third-order valence-electron chi connectivity index (χ3n) is 3.47. The number of amides is 1. The van der Waals surface area contributed by atoms with E-state index in [1.807, 2.05) is 25.1 Å². The fourth-order valence-electron chi connectivity index (χ4n) is 2.40. The number of carbonyl (C=O) groups excluding carboxylic acids is 2. The molecule has 106 valence electrons. The van der Waals surface area contributed by atoms with E-state index in [-0.39, 0.29) is 11.7 Å². The van der Waals surface area contributed by atoms with Crippen molar-refractivity contribution >= 4 is 11.7 Å². The zero-order valence-corrected chi connectivity index (χ0v) is 11.7. The monoisotopic (exact) mass is 281 g/mol. The van der Waals surface area contributed by atoms with Crippen molar-refractivity contribution in [2.45, 2.75) is 13.5 Å². The van der Waals surface area contributed by atoms with E-state index in [0.29, 0.717) is 35.6 Å². The lowest BCUT2D eigenvalue weighted by Gasteiger charge is -2.08. The molecule has 1 amide bonds. The van der Waals surface area contributed by atoms with Gasteiger partial charge in [-0.25, -0.2) is 0 Å². The van der Waals surface area contributed by atoms with E-state index in [1.54, 1.807) is 24.3 Å². The average molecular weight is 281 g/mol. The smallest absolute Gasteiger partial charge is 0.251 e. The summed E-state index contributed by atoms with van der Waals surface area (Å²) < 4.78 is 5.71. The highest BCUT2D eigenvalue weighted by Gasteiger charge is 2.22. The largest absolute Gasteiger partial charge is 0.488 e. The maximum absolute atomic E-state index is 12.6. The molecule has 2 aromatic carbocycles. The topological polar surface area (TPSA) is 55.4 Å². The van der Waals surface area contributed by atoms with Crippen molar-refractivity contribution in [3.63, 3.8) is 0 Å². The van der Waals surface area contributed by atoms with Gasteiger partial charge in [-0.2, -0.15) is 0 Å². The van der Waals surface area contributed by atoms with E-state index in [4.69, 9.17) is 4.74 Å². The number of hydrogen-bond acceptors (Lipinski definition) is 3. The summed E-state index contributed by atoms with van der Waals surface area (Å²) in [4.78, 5) is 24.4. The molecule has 2 aromatic rings. The van der Waals surface area contributed by atoms with Crippen LogP contribution in [0.4, 0.5) is 0 Å². The third-order valence-corrected chi connectivity index (χ3v) is 3.47. The van der Waals surface area contributed by atoms with Crippen molar-refractivity contribution in [3.05, 3.63) is 64.7 Å².